The van der Waals surface area contributed by atoms with Crippen LogP contribution in [0.4, 0.5) is 0 Å². The normalized spacial score (nSPS) is 11.8. The second-order valence-electron chi connectivity index (χ2n) is 5.15. The van der Waals surface area contributed by atoms with E-state index in [9.17, 15) is 4.79 Å². The Labute approximate surface area is 117 Å². The minimum absolute atomic E-state index is 0.0954. The second-order valence-corrected chi connectivity index (χ2v) is 5.15. The van der Waals surface area contributed by atoms with Gasteiger partial charge in [-0.1, -0.05) is 74.8 Å². The molecule has 0 aliphatic rings. The lowest BCUT2D eigenvalue weighted by atomic mass is 9.92. The zero-order chi connectivity index (χ0) is 14.1. The van der Waals surface area contributed by atoms with Crippen LogP contribution in [0.25, 0.3) is 0 Å². The molecule has 0 amide bonds. The number of hydrogen-bond acceptors (Lipinski definition) is 1. The van der Waals surface area contributed by atoms with E-state index in [4.69, 9.17) is 6.42 Å². The second kappa shape index (κ2) is 8.53. The molecule has 19 heavy (non-hydrogen) atoms. The Bertz CT molecular complexity index is 422. The molecule has 1 nitrogen and oxygen atoms in total. The summed E-state index contributed by atoms with van der Waals surface area (Å²) in [6.07, 6.45) is 12.3. The average Bonchev–Trinajstić information content (AvgIpc) is 2.43. The largest absolute Gasteiger partial charge is 0.293 e. The van der Waals surface area contributed by atoms with Crippen LogP contribution in [0.3, 0.4) is 0 Å². The van der Waals surface area contributed by atoms with Crippen LogP contribution in [0.2, 0.25) is 0 Å². The van der Waals surface area contributed by atoms with Crippen molar-refractivity contribution in [2.24, 2.45) is 5.92 Å². The Morgan fingerprint density at radius 3 is 2.37 bits per heavy atom. The highest BCUT2D eigenvalue weighted by Crippen LogP contribution is 2.17. The minimum Gasteiger partial charge on any atom is -0.293 e. The molecule has 1 atom stereocenters. The fourth-order valence-corrected chi connectivity index (χ4v) is 2.16. The minimum atomic E-state index is -0.260. The highest BCUT2D eigenvalue weighted by atomic mass is 16.1. The van der Waals surface area contributed by atoms with E-state index in [-0.39, 0.29) is 11.7 Å². The Kier molecular flexibility index (Phi) is 6.97. The van der Waals surface area contributed by atoms with Crippen LogP contribution in [0.1, 0.15) is 61.4 Å². The number of carbonyl (C=O) groups is 1. The van der Waals surface area contributed by atoms with Crippen LogP contribution >= 0.6 is 0 Å². The van der Waals surface area contributed by atoms with E-state index in [0.717, 1.165) is 24.0 Å². The molecule has 0 saturated heterocycles. The van der Waals surface area contributed by atoms with Crippen molar-refractivity contribution in [1.29, 1.82) is 0 Å². The van der Waals surface area contributed by atoms with Crippen LogP contribution in [0.15, 0.2) is 24.3 Å². The van der Waals surface area contributed by atoms with Crippen LogP contribution in [-0.4, -0.2) is 5.78 Å². The topological polar surface area (TPSA) is 17.1 Å². The maximum atomic E-state index is 12.3. The molecule has 0 aliphatic carbocycles. The highest BCUT2D eigenvalue weighted by molar-refractivity contribution is 5.99. The van der Waals surface area contributed by atoms with Gasteiger partial charge in [-0.25, -0.2) is 0 Å². The third-order valence-electron chi connectivity index (χ3n) is 3.45. The fourth-order valence-electron chi connectivity index (χ4n) is 2.16. The van der Waals surface area contributed by atoms with Crippen molar-refractivity contribution < 1.29 is 4.79 Å². The quantitative estimate of drug-likeness (QED) is 0.371. The number of aryl methyl sites for hydroxylation is 1. The van der Waals surface area contributed by atoms with E-state index < -0.39 is 0 Å². The van der Waals surface area contributed by atoms with E-state index >= 15 is 0 Å². The van der Waals surface area contributed by atoms with Gasteiger partial charge in [0.2, 0.25) is 0 Å². The molecule has 1 aromatic carbocycles. The van der Waals surface area contributed by atoms with Crippen molar-refractivity contribution in [3.63, 3.8) is 0 Å². The molecule has 1 heteroatoms. The molecule has 0 aromatic heterocycles. The number of rotatable bonds is 8. The molecule has 1 rings (SSSR count). The molecule has 0 bridgehead atoms. The summed E-state index contributed by atoms with van der Waals surface area (Å²) in [7, 11) is 0. The van der Waals surface area contributed by atoms with Crippen molar-refractivity contribution >= 4 is 5.78 Å². The van der Waals surface area contributed by atoms with E-state index in [0.29, 0.717) is 0 Å². The van der Waals surface area contributed by atoms with Gasteiger partial charge in [-0.15, -0.1) is 6.42 Å². The molecule has 0 radical (unpaired) electrons. The number of terminal acetylenes is 1. The van der Waals surface area contributed by atoms with Crippen LogP contribution in [-0.2, 0) is 0 Å². The van der Waals surface area contributed by atoms with Gasteiger partial charge in [0.15, 0.2) is 5.78 Å². The van der Waals surface area contributed by atoms with Crippen LogP contribution in [0.5, 0.6) is 0 Å². The molecular formula is C18H24O. The first-order chi connectivity index (χ1) is 9.19. The van der Waals surface area contributed by atoms with Gasteiger partial charge in [-0.3, -0.25) is 4.79 Å². The summed E-state index contributed by atoms with van der Waals surface area (Å²) in [6, 6.07) is 7.67. The molecule has 1 unspecified atom stereocenters. The Hall–Kier alpha value is -1.55. The summed E-state index contributed by atoms with van der Waals surface area (Å²) in [5.74, 6) is 2.49. The molecular weight excluding hydrogens is 232 g/mol. The highest BCUT2D eigenvalue weighted by Gasteiger charge is 2.16. The summed E-state index contributed by atoms with van der Waals surface area (Å²) in [5, 5.41) is 0. The number of ketones is 1. The van der Waals surface area contributed by atoms with Crippen molar-refractivity contribution in [2.75, 3.05) is 0 Å². The van der Waals surface area contributed by atoms with Gasteiger partial charge >= 0.3 is 0 Å². The molecule has 0 spiro atoms. The summed E-state index contributed by atoms with van der Waals surface area (Å²) in [6.45, 7) is 4.21. The van der Waals surface area contributed by atoms with Gasteiger partial charge in [0.1, 0.15) is 0 Å². The predicted octanol–water partition coefficient (Wildman–Crippen LogP) is 4.79. The Morgan fingerprint density at radius 1 is 1.16 bits per heavy atom. The number of carbonyl (C=O) groups excluding carboxylic acids is 1. The van der Waals surface area contributed by atoms with Gasteiger partial charge < -0.3 is 0 Å². The first-order valence-corrected chi connectivity index (χ1v) is 7.26. The van der Waals surface area contributed by atoms with Gasteiger partial charge in [0.05, 0.1) is 5.92 Å². The smallest absolute Gasteiger partial charge is 0.177 e. The van der Waals surface area contributed by atoms with Gasteiger partial charge in [-0.2, -0.15) is 0 Å². The van der Waals surface area contributed by atoms with Crippen molar-refractivity contribution in [2.45, 2.75) is 52.4 Å². The average molecular weight is 256 g/mol. The van der Waals surface area contributed by atoms with Crippen LogP contribution < -0.4 is 0 Å². The number of hydrogen-bond donors (Lipinski definition) is 0. The Balaban J connectivity index is 2.48. The molecule has 1 aromatic rings. The number of Topliss-reactive ketones (excluding diaryl/α,β-unsaturated/α-hetero) is 1. The number of benzene rings is 1. The van der Waals surface area contributed by atoms with Crippen molar-refractivity contribution in [3.8, 4) is 12.3 Å². The molecule has 102 valence electrons. The van der Waals surface area contributed by atoms with Crippen molar-refractivity contribution in [1.82, 2.24) is 0 Å². The monoisotopic (exact) mass is 256 g/mol. The zero-order valence-corrected chi connectivity index (χ0v) is 12.1. The first kappa shape index (κ1) is 15.5. The zero-order valence-electron chi connectivity index (χ0n) is 12.1. The van der Waals surface area contributed by atoms with Gasteiger partial charge in [0.25, 0.3) is 0 Å². The van der Waals surface area contributed by atoms with Crippen LogP contribution in [0, 0.1) is 25.2 Å². The summed E-state index contributed by atoms with van der Waals surface area (Å²) in [5.41, 5.74) is 1.90. The Morgan fingerprint density at radius 2 is 1.79 bits per heavy atom. The molecule has 0 saturated carbocycles. The maximum Gasteiger partial charge on any atom is 0.177 e. The molecule has 0 fully saturated rings. The third kappa shape index (κ3) is 5.30. The maximum absolute atomic E-state index is 12.3. The standard InChI is InChI=1S/C18H24O/c1-4-6-7-8-9-10-16(5-2)18(19)17-13-11-15(3)12-14-17/h2,11-14,16H,4,6-10H2,1,3H3. The van der Waals surface area contributed by atoms with E-state index in [1.165, 1.54) is 25.7 Å². The predicted molar refractivity (Wildman–Crippen MR) is 81.2 cm³/mol. The van der Waals surface area contributed by atoms with E-state index in [1.54, 1.807) is 0 Å². The lowest BCUT2D eigenvalue weighted by molar-refractivity contribution is 0.0943. The summed E-state index contributed by atoms with van der Waals surface area (Å²) >= 11 is 0. The lowest BCUT2D eigenvalue weighted by Gasteiger charge is -2.10. The van der Waals surface area contributed by atoms with Gasteiger partial charge in [0, 0.05) is 5.56 Å². The lowest BCUT2D eigenvalue weighted by Crippen LogP contribution is -2.13. The summed E-state index contributed by atoms with van der Waals surface area (Å²) < 4.78 is 0. The SMILES string of the molecule is C#CC(CCCCCCC)C(=O)c1ccc(C)cc1. The van der Waals surface area contributed by atoms with E-state index in [2.05, 4.69) is 12.8 Å². The third-order valence-corrected chi connectivity index (χ3v) is 3.45. The number of unbranched alkanes of at least 4 members (excludes halogenated alkanes) is 4. The van der Waals surface area contributed by atoms with Crippen molar-refractivity contribution in [3.05, 3.63) is 35.4 Å². The summed E-state index contributed by atoms with van der Waals surface area (Å²) in [4.78, 5) is 12.3. The van der Waals surface area contributed by atoms with Gasteiger partial charge in [-0.05, 0) is 13.3 Å². The fraction of sp³-hybridized carbons (Fsp3) is 0.500. The van der Waals surface area contributed by atoms with E-state index in [1.807, 2.05) is 31.2 Å². The first-order valence-electron chi connectivity index (χ1n) is 7.26. The molecule has 0 heterocycles. The molecule has 0 N–H and O–H groups in total. The molecule has 0 aliphatic heterocycles.